The van der Waals surface area contributed by atoms with Crippen molar-refractivity contribution in [1.82, 2.24) is 14.9 Å². The molecule has 1 aromatic carbocycles. The maximum Gasteiger partial charge on any atom is 0.257 e. The first-order valence-electron chi connectivity index (χ1n) is 8.24. The van der Waals surface area contributed by atoms with E-state index in [1.807, 2.05) is 26.0 Å². The molecule has 1 aliphatic heterocycles. The van der Waals surface area contributed by atoms with Gasteiger partial charge in [0.2, 0.25) is 5.91 Å². The molecule has 0 bridgehead atoms. The molecule has 2 aromatic rings. The summed E-state index contributed by atoms with van der Waals surface area (Å²) < 4.78 is 1.65. The van der Waals surface area contributed by atoms with Crippen molar-refractivity contribution in [3.63, 3.8) is 0 Å². The normalized spacial score (nSPS) is 16.4. The average Bonchev–Trinajstić information content (AvgIpc) is 2.61. The predicted molar refractivity (Wildman–Crippen MR) is 100 cm³/mol. The molecular formula is C18H20ClN3O2S. The summed E-state index contributed by atoms with van der Waals surface area (Å²) in [7, 11) is 0. The fourth-order valence-electron chi connectivity index (χ4n) is 2.90. The number of rotatable bonds is 4. The quantitative estimate of drug-likeness (QED) is 0.832. The summed E-state index contributed by atoms with van der Waals surface area (Å²) in [6.07, 6.45) is 0.649. The summed E-state index contributed by atoms with van der Waals surface area (Å²) in [5, 5.41) is 4.33. The van der Waals surface area contributed by atoms with Gasteiger partial charge in [-0.05, 0) is 31.0 Å². The van der Waals surface area contributed by atoms with Crippen LogP contribution in [0.2, 0.25) is 5.02 Å². The van der Waals surface area contributed by atoms with Crippen LogP contribution < -0.4 is 10.9 Å². The van der Waals surface area contributed by atoms with Gasteiger partial charge in [-0.25, -0.2) is 4.98 Å². The fourth-order valence-corrected chi connectivity index (χ4v) is 4.14. The smallest absolute Gasteiger partial charge is 0.257 e. The lowest BCUT2D eigenvalue weighted by atomic mass is 10.1. The number of hydrogen-bond donors (Lipinski definition) is 1. The van der Waals surface area contributed by atoms with Crippen LogP contribution in [0.3, 0.4) is 0 Å². The summed E-state index contributed by atoms with van der Waals surface area (Å²) in [5.41, 5.74) is 2.49. The van der Waals surface area contributed by atoms with Gasteiger partial charge >= 0.3 is 0 Å². The minimum atomic E-state index is -0.239. The molecule has 0 fully saturated rings. The van der Waals surface area contributed by atoms with Crippen LogP contribution in [-0.4, -0.2) is 21.2 Å². The van der Waals surface area contributed by atoms with Crippen molar-refractivity contribution in [2.75, 3.05) is 5.75 Å². The Morgan fingerprint density at radius 3 is 2.80 bits per heavy atom. The number of benzene rings is 1. The van der Waals surface area contributed by atoms with Gasteiger partial charge in [0.1, 0.15) is 0 Å². The Labute approximate surface area is 155 Å². The van der Waals surface area contributed by atoms with Gasteiger partial charge in [-0.2, -0.15) is 0 Å². The molecule has 1 aromatic heterocycles. The number of halogens is 1. The Balaban J connectivity index is 1.70. The van der Waals surface area contributed by atoms with Crippen molar-refractivity contribution < 1.29 is 4.79 Å². The molecule has 0 spiro atoms. The molecule has 0 saturated carbocycles. The summed E-state index contributed by atoms with van der Waals surface area (Å²) >= 11 is 7.34. The molecule has 5 nitrogen and oxygen atoms in total. The van der Waals surface area contributed by atoms with Crippen molar-refractivity contribution in [2.24, 2.45) is 5.92 Å². The van der Waals surface area contributed by atoms with Crippen molar-refractivity contribution >= 4 is 29.3 Å². The lowest BCUT2D eigenvalue weighted by molar-refractivity contribution is -0.125. The van der Waals surface area contributed by atoms with E-state index in [0.29, 0.717) is 35.4 Å². The van der Waals surface area contributed by atoms with Crippen molar-refractivity contribution in [2.45, 2.75) is 38.5 Å². The molecule has 0 radical (unpaired) electrons. The highest BCUT2D eigenvalue weighted by atomic mass is 35.5. The van der Waals surface area contributed by atoms with Crippen LogP contribution >= 0.6 is 23.4 Å². The van der Waals surface area contributed by atoms with Crippen molar-refractivity contribution in [3.8, 4) is 0 Å². The Morgan fingerprint density at radius 1 is 1.40 bits per heavy atom. The molecule has 1 aliphatic rings. The third-order valence-corrected chi connectivity index (χ3v) is 5.75. The van der Waals surface area contributed by atoms with E-state index in [9.17, 15) is 9.59 Å². The summed E-state index contributed by atoms with van der Waals surface area (Å²) in [6.45, 7) is 4.65. The molecule has 1 unspecified atom stereocenters. The fraction of sp³-hybridized carbons (Fsp3) is 0.389. The Kier molecular flexibility index (Phi) is 5.49. The first-order valence-corrected chi connectivity index (χ1v) is 9.61. The lowest BCUT2D eigenvalue weighted by Crippen LogP contribution is -2.40. The maximum absolute atomic E-state index is 12.6. The monoisotopic (exact) mass is 377 g/mol. The van der Waals surface area contributed by atoms with Gasteiger partial charge in [0.05, 0.1) is 5.92 Å². The van der Waals surface area contributed by atoms with E-state index < -0.39 is 0 Å². The van der Waals surface area contributed by atoms with Crippen LogP contribution in [0.25, 0.3) is 0 Å². The van der Waals surface area contributed by atoms with E-state index in [2.05, 4.69) is 10.3 Å². The zero-order valence-electron chi connectivity index (χ0n) is 14.2. The second kappa shape index (κ2) is 7.62. The molecule has 0 saturated heterocycles. The zero-order chi connectivity index (χ0) is 18.0. The minimum absolute atomic E-state index is 0.0206. The van der Waals surface area contributed by atoms with Gasteiger partial charge in [0, 0.05) is 35.1 Å². The number of fused-ring (bicyclic) bond motifs is 1. The third kappa shape index (κ3) is 3.90. The molecule has 1 atom stereocenters. The van der Waals surface area contributed by atoms with Gasteiger partial charge < -0.3 is 5.32 Å². The standard InChI is InChI=1S/C18H20ClN3O2S/c1-3-15-11(2)21-18-22(17(15)24)9-13(10-25-18)16(23)20-8-12-4-6-14(19)7-5-12/h4-7,13H,3,8-10H2,1-2H3,(H,20,23). The number of aryl methyl sites for hydroxylation is 1. The zero-order valence-corrected chi connectivity index (χ0v) is 15.8. The lowest BCUT2D eigenvalue weighted by Gasteiger charge is -2.25. The molecule has 7 heteroatoms. The number of carbonyl (C=O) groups is 1. The number of amides is 1. The van der Waals surface area contributed by atoms with Gasteiger partial charge in [0.25, 0.3) is 5.56 Å². The van der Waals surface area contributed by atoms with Gasteiger partial charge in [-0.15, -0.1) is 0 Å². The van der Waals surface area contributed by atoms with Gasteiger partial charge in [-0.1, -0.05) is 42.4 Å². The van der Waals surface area contributed by atoms with E-state index in [4.69, 9.17) is 11.6 Å². The summed E-state index contributed by atoms with van der Waals surface area (Å²) in [4.78, 5) is 29.6. The minimum Gasteiger partial charge on any atom is -0.352 e. The highest BCUT2D eigenvalue weighted by Crippen LogP contribution is 2.26. The molecule has 25 heavy (non-hydrogen) atoms. The van der Waals surface area contributed by atoms with Crippen LogP contribution in [0.15, 0.2) is 34.2 Å². The van der Waals surface area contributed by atoms with Gasteiger partial charge in [0.15, 0.2) is 5.16 Å². The first-order chi connectivity index (χ1) is 12.0. The molecule has 1 N–H and O–H groups in total. The van der Waals surface area contributed by atoms with Gasteiger partial charge in [-0.3, -0.25) is 14.2 Å². The molecule has 1 amide bonds. The number of nitrogens with one attached hydrogen (secondary N) is 1. The van der Waals surface area contributed by atoms with E-state index in [1.54, 1.807) is 16.7 Å². The highest BCUT2D eigenvalue weighted by molar-refractivity contribution is 7.99. The van der Waals surface area contributed by atoms with Crippen LogP contribution in [0.5, 0.6) is 0 Å². The third-order valence-electron chi connectivity index (χ3n) is 4.36. The number of nitrogens with zero attached hydrogens (tertiary/aromatic N) is 2. The Hall–Kier alpha value is -1.79. The maximum atomic E-state index is 12.6. The summed E-state index contributed by atoms with van der Waals surface area (Å²) in [5.74, 6) is 0.347. The van der Waals surface area contributed by atoms with Crippen molar-refractivity contribution in [3.05, 3.63) is 56.5 Å². The molecular weight excluding hydrogens is 358 g/mol. The van der Waals surface area contributed by atoms with Crippen LogP contribution in [0, 0.1) is 12.8 Å². The summed E-state index contributed by atoms with van der Waals surface area (Å²) in [6, 6.07) is 7.38. The Bertz CT molecular complexity index is 849. The average molecular weight is 378 g/mol. The second-order valence-electron chi connectivity index (χ2n) is 6.08. The SMILES string of the molecule is CCc1c(C)nc2n(c1=O)CC(C(=O)NCc1ccc(Cl)cc1)CS2. The first kappa shape index (κ1) is 18.0. The number of aromatic nitrogens is 2. The van der Waals surface area contributed by atoms with E-state index in [1.165, 1.54) is 11.8 Å². The van der Waals surface area contributed by atoms with E-state index in [-0.39, 0.29) is 17.4 Å². The van der Waals surface area contributed by atoms with Crippen LogP contribution in [-0.2, 0) is 24.3 Å². The molecule has 132 valence electrons. The van der Waals surface area contributed by atoms with Crippen LogP contribution in [0.1, 0.15) is 23.7 Å². The molecule has 2 heterocycles. The van der Waals surface area contributed by atoms with E-state index >= 15 is 0 Å². The molecule has 0 aliphatic carbocycles. The van der Waals surface area contributed by atoms with E-state index in [0.717, 1.165) is 16.8 Å². The number of hydrogen-bond acceptors (Lipinski definition) is 4. The van der Waals surface area contributed by atoms with Crippen molar-refractivity contribution in [1.29, 1.82) is 0 Å². The topological polar surface area (TPSA) is 64.0 Å². The predicted octanol–water partition coefficient (Wildman–Crippen LogP) is 2.81. The highest BCUT2D eigenvalue weighted by Gasteiger charge is 2.27. The Morgan fingerprint density at radius 2 is 2.12 bits per heavy atom. The van der Waals surface area contributed by atoms with Crippen LogP contribution in [0.4, 0.5) is 0 Å². The molecule has 3 rings (SSSR count). The largest absolute Gasteiger partial charge is 0.352 e. The number of thioether (sulfide) groups is 1. The number of carbonyl (C=O) groups excluding carboxylic acids is 1. The second-order valence-corrected chi connectivity index (χ2v) is 7.50.